The molecule has 0 atom stereocenters. The molecule has 0 aromatic carbocycles. The lowest BCUT2D eigenvalue weighted by Crippen LogP contribution is -1.89. The summed E-state index contributed by atoms with van der Waals surface area (Å²) in [6, 6.07) is 0. The van der Waals surface area contributed by atoms with E-state index in [-0.39, 0.29) is 0 Å². The minimum Gasteiger partial charge on any atom is -0.249 e. The molecule has 26 heavy (non-hydrogen) atoms. The van der Waals surface area contributed by atoms with E-state index in [1.54, 1.807) is 0 Å². The normalized spacial score (nSPS) is 21.0. The number of nitrogens with zero attached hydrogens (tertiary/aromatic N) is 5. The van der Waals surface area contributed by atoms with Crippen molar-refractivity contribution in [3.8, 4) is 6.57 Å². The molecule has 0 saturated heterocycles. The summed E-state index contributed by atoms with van der Waals surface area (Å²) < 4.78 is 0. The van der Waals surface area contributed by atoms with Gasteiger partial charge in [-0.2, -0.15) is 0 Å². The van der Waals surface area contributed by atoms with E-state index < -0.39 is 0 Å². The van der Waals surface area contributed by atoms with Gasteiger partial charge < -0.3 is 0 Å². The minimum absolute atomic E-state index is 0.894. The van der Waals surface area contributed by atoms with E-state index in [1.807, 2.05) is 72.9 Å². The van der Waals surface area contributed by atoms with E-state index in [4.69, 9.17) is 5.26 Å². The molecule has 0 N–H and O–H groups in total. The first-order chi connectivity index (χ1) is 12.8. The Bertz CT molecular complexity index is 887. The van der Waals surface area contributed by atoms with Crippen molar-refractivity contribution < 1.29 is 0 Å². The summed E-state index contributed by atoms with van der Waals surface area (Å²) in [4.78, 5) is 18.4. The van der Waals surface area contributed by atoms with Gasteiger partial charge in [0.05, 0.1) is 45.6 Å². The molecule has 0 unspecified atom stereocenters. The highest BCUT2D eigenvalue weighted by atomic mass is 14.8. The first kappa shape index (κ1) is 15.6. The SMILES string of the molecule is C#N.C1=CC2=NC1=CC1=NC(=CC3=NC(=CC4=NC(=C2)C=C4)C=C3)C=C1. The van der Waals surface area contributed by atoms with E-state index in [2.05, 4.69) is 26.5 Å². The third-order valence-corrected chi connectivity index (χ3v) is 3.92. The van der Waals surface area contributed by atoms with Gasteiger partial charge in [0.15, 0.2) is 0 Å². The molecule has 5 aliphatic heterocycles. The van der Waals surface area contributed by atoms with Crippen molar-refractivity contribution >= 4 is 22.8 Å². The van der Waals surface area contributed by atoms with Crippen molar-refractivity contribution in [2.75, 3.05) is 0 Å². The van der Waals surface area contributed by atoms with Crippen LogP contribution in [0.15, 0.2) is 116 Å². The van der Waals surface area contributed by atoms with Crippen LogP contribution in [-0.4, -0.2) is 22.8 Å². The Morgan fingerprint density at radius 2 is 0.654 bits per heavy atom. The quantitative estimate of drug-likeness (QED) is 0.665. The van der Waals surface area contributed by atoms with Gasteiger partial charge in [-0.1, -0.05) is 0 Å². The van der Waals surface area contributed by atoms with E-state index in [9.17, 15) is 0 Å². The molecular formula is C21H13N5. The Morgan fingerprint density at radius 3 is 0.885 bits per heavy atom. The monoisotopic (exact) mass is 335 g/mol. The van der Waals surface area contributed by atoms with Gasteiger partial charge in [-0.05, 0) is 72.9 Å². The number of hydrogen-bond acceptors (Lipinski definition) is 5. The molecule has 0 radical (unpaired) electrons. The topological polar surface area (TPSA) is 73.2 Å². The van der Waals surface area contributed by atoms with Crippen LogP contribution in [0.1, 0.15) is 0 Å². The molecule has 8 bridgehead atoms. The molecule has 5 nitrogen and oxygen atoms in total. The average molecular weight is 335 g/mol. The standard InChI is InChI=1S/C20H12N4.CHN/c1-2-14-10-16-5-6-18(23-16)12-20-8-7-19(24-20)11-17-4-3-15(22-17)9-13(1)21-14;1-2/h1-12H;1H. The Kier molecular flexibility index (Phi) is 3.92. The molecule has 5 rings (SSSR count). The summed E-state index contributed by atoms with van der Waals surface area (Å²) >= 11 is 0. The van der Waals surface area contributed by atoms with Crippen molar-refractivity contribution in [1.29, 1.82) is 5.26 Å². The van der Waals surface area contributed by atoms with Crippen LogP contribution >= 0.6 is 0 Å². The number of rotatable bonds is 0. The maximum atomic E-state index is 6.50. The van der Waals surface area contributed by atoms with Crippen LogP contribution in [0.5, 0.6) is 0 Å². The fraction of sp³-hybridized carbons (Fsp3) is 0. The van der Waals surface area contributed by atoms with Gasteiger partial charge in [0.1, 0.15) is 0 Å². The average Bonchev–Trinajstić information content (AvgIpc) is 3.42. The van der Waals surface area contributed by atoms with Gasteiger partial charge in [0, 0.05) is 6.57 Å². The highest BCUT2D eigenvalue weighted by Gasteiger charge is 2.11. The van der Waals surface area contributed by atoms with Crippen LogP contribution in [0.4, 0.5) is 0 Å². The first-order valence-corrected chi connectivity index (χ1v) is 8.00. The van der Waals surface area contributed by atoms with Crippen molar-refractivity contribution in [2.24, 2.45) is 20.0 Å². The minimum atomic E-state index is 0.894. The van der Waals surface area contributed by atoms with E-state index in [0.717, 1.165) is 45.6 Å². The van der Waals surface area contributed by atoms with Crippen molar-refractivity contribution in [3.05, 3.63) is 95.7 Å². The highest BCUT2D eigenvalue weighted by Crippen LogP contribution is 2.20. The molecule has 5 heterocycles. The zero-order valence-corrected chi connectivity index (χ0v) is 13.7. The molecule has 5 heteroatoms. The largest absolute Gasteiger partial charge is 0.249 e. The second-order valence-corrected chi connectivity index (χ2v) is 5.76. The summed E-state index contributed by atoms with van der Waals surface area (Å²) in [5.41, 5.74) is 7.15. The van der Waals surface area contributed by atoms with Gasteiger partial charge >= 0.3 is 0 Å². The fourth-order valence-electron chi connectivity index (χ4n) is 2.83. The number of nitriles is 1. The number of hydrogen-bond donors (Lipinski definition) is 0. The van der Waals surface area contributed by atoms with Gasteiger partial charge in [-0.25, -0.2) is 25.2 Å². The molecule has 122 valence electrons. The Labute approximate surface area is 150 Å². The molecule has 0 spiro atoms. The Balaban J connectivity index is 0.000000814. The molecule has 0 amide bonds. The third-order valence-electron chi connectivity index (χ3n) is 3.92. The molecule has 0 aliphatic carbocycles. The predicted molar refractivity (Wildman–Crippen MR) is 105 cm³/mol. The smallest absolute Gasteiger partial charge is 0.0659 e. The maximum Gasteiger partial charge on any atom is 0.0659 e. The summed E-state index contributed by atoms with van der Waals surface area (Å²) in [5.74, 6) is 0. The maximum absolute atomic E-state index is 6.50. The molecule has 0 saturated carbocycles. The summed E-state index contributed by atoms with van der Waals surface area (Å²) in [6.45, 7) is 3.50. The van der Waals surface area contributed by atoms with E-state index >= 15 is 0 Å². The van der Waals surface area contributed by atoms with E-state index in [1.165, 1.54) is 0 Å². The number of aliphatic imine (C=N–C) groups is 4. The van der Waals surface area contributed by atoms with Crippen LogP contribution in [-0.2, 0) is 0 Å². The predicted octanol–water partition coefficient (Wildman–Crippen LogP) is 3.72. The zero-order valence-electron chi connectivity index (χ0n) is 13.7. The lowest BCUT2D eigenvalue weighted by atomic mass is 10.2. The Hall–Kier alpha value is -3.91. The second-order valence-electron chi connectivity index (χ2n) is 5.76. The molecular weight excluding hydrogens is 322 g/mol. The van der Waals surface area contributed by atoms with Gasteiger partial charge in [-0.3, -0.25) is 0 Å². The molecule has 0 fully saturated rings. The fourth-order valence-corrected chi connectivity index (χ4v) is 2.83. The Morgan fingerprint density at radius 1 is 0.423 bits per heavy atom. The van der Waals surface area contributed by atoms with Gasteiger partial charge in [0.25, 0.3) is 0 Å². The number of allylic oxidation sites excluding steroid dienone is 12. The van der Waals surface area contributed by atoms with E-state index in [0.29, 0.717) is 0 Å². The summed E-state index contributed by atoms with van der Waals surface area (Å²) in [5, 5.41) is 6.50. The lowest BCUT2D eigenvalue weighted by molar-refractivity contribution is 1.41. The zero-order chi connectivity index (χ0) is 17.9. The van der Waals surface area contributed by atoms with Gasteiger partial charge in [-0.15, -0.1) is 0 Å². The highest BCUT2D eigenvalue weighted by molar-refractivity contribution is 6.14. The van der Waals surface area contributed by atoms with Crippen molar-refractivity contribution in [3.63, 3.8) is 0 Å². The molecule has 5 aliphatic rings. The number of fused-ring (bicyclic) bond motifs is 4. The second kappa shape index (κ2) is 6.54. The van der Waals surface area contributed by atoms with Gasteiger partial charge in [0.2, 0.25) is 0 Å². The summed E-state index contributed by atoms with van der Waals surface area (Å²) in [7, 11) is 0. The lowest BCUT2D eigenvalue weighted by Gasteiger charge is -1.94. The van der Waals surface area contributed by atoms with Crippen molar-refractivity contribution in [2.45, 2.75) is 0 Å². The first-order valence-electron chi connectivity index (χ1n) is 8.00. The molecule has 0 aromatic heterocycles. The van der Waals surface area contributed by atoms with Crippen LogP contribution in [0.25, 0.3) is 0 Å². The van der Waals surface area contributed by atoms with Crippen LogP contribution in [0.3, 0.4) is 0 Å². The van der Waals surface area contributed by atoms with Crippen LogP contribution < -0.4 is 0 Å². The third kappa shape index (κ3) is 3.17. The van der Waals surface area contributed by atoms with Crippen LogP contribution in [0, 0.1) is 11.8 Å². The molecule has 0 aromatic rings. The van der Waals surface area contributed by atoms with Crippen LogP contribution in [0.2, 0.25) is 0 Å². The van der Waals surface area contributed by atoms with Crippen molar-refractivity contribution in [1.82, 2.24) is 0 Å². The summed E-state index contributed by atoms with van der Waals surface area (Å²) in [6.07, 6.45) is 23.8.